The molecule has 1 aliphatic heterocycles. The van der Waals surface area contributed by atoms with Crippen LogP contribution in [0.2, 0.25) is 0 Å². The number of hydrogen-bond acceptors (Lipinski definition) is 3. The number of carbonyl (C=O) groups excluding carboxylic acids is 1. The molecule has 2 atom stereocenters. The van der Waals surface area contributed by atoms with Crippen molar-refractivity contribution in [1.82, 2.24) is 15.5 Å². The number of amides is 1. The minimum absolute atomic E-state index is 0.0343. The van der Waals surface area contributed by atoms with Gasteiger partial charge in [0.2, 0.25) is 5.91 Å². The molecule has 0 radical (unpaired) electrons. The van der Waals surface area contributed by atoms with E-state index in [0.717, 1.165) is 38.9 Å². The third-order valence-electron chi connectivity index (χ3n) is 4.52. The van der Waals surface area contributed by atoms with Gasteiger partial charge in [-0.15, -0.1) is 0 Å². The van der Waals surface area contributed by atoms with Crippen LogP contribution in [-0.4, -0.2) is 49.6 Å². The SMILES string of the molecule is CCC1CCNC(C(=O)NCCCCN(C)C(C)C)C1. The number of unbranched alkanes of at least 4 members (excludes halogenated alkanes) is 1. The zero-order chi connectivity index (χ0) is 15.0. The normalized spacial score (nSPS) is 23.3. The molecule has 4 nitrogen and oxygen atoms in total. The van der Waals surface area contributed by atoms with E-state index in [1.807, 2.05) is 0 Å². The molecule has 1 rings (SSSR count). The standard InChI is InChI=1S/C16H33N3O/c1-5-14-8-10-17-15(12-14)16(20)18-9-6-7-11-19(4)13(2)3/h13-15,17H,5-12H2,1-4H3,(H,18,20). The predicted molar refractivity (Wildman–Crippen MR) is 84.8 cm³/mol. The molecule has 2 N–H and O–H groups in total. The number of rotatable bonds is 8. The van der Waals surface area contributed by atoms with E-state index in [2.05, 4.69) is 43.4 Å². The molecule has 0 aromatic rings. The molecule has 0 aromatic carbocycles. The summed E-state index contributed by atoms with van der Waals surface area (Å²) >= 11 is 0. The Hall–Kier alpha value is -0.610. The minimum Gasteiger partial charge on any atom is -0.355 e. The van der Waals surface area contributed by atoms with Gasteiger partial charge in [0.15, 0.2) is 0 Å². The predicted octanol–water partition coefficient (Wildman–Crippen LogP) is 2.00. The summed E-state index contributed by atoms with van der Waals surface area (Å²) in [5.74, 6) is 0.909. The van der Waals surface area contributed by atoms with Gasteiger partial charge in [0.25, 0.3) is 0 Å². The Labute approximate surface area is 124 Å². The Kier molecular flexibility index (Phi) is 8.15. The Balaban J connectivity index is 2.11. The van der Waals surface area contributed by atoms with Crippen LogP contribution < -0.4 is 10.6 Å². The van der Waals surface area contributed by atoms with Crippen LogP contribution in [0.3, 0.4) is 0 Å². The highest BCUT2D eigenvalue weighted by Crippen LogP contribution is 2.19. The third-order valence-corrected chi connectivity index (χ3v) is 4.52. The van der Waals surface area contributed by atoms with Gasteiger partial charge in [0, 0.05) is 12.6 Å². The Morgan fingerprint density at radius 3 is 2.80 bits per heavy atom. The van der Waals surface area contributed by atoms with Crippen molar-refractivity contribution in [2.45, 2.75) is 65.0 Å². The zero-order valence-corrected chi connectivity index (χ0v) is 13.7. The van der Waals surface area contributed by atoms with Crippen molar-refractivity contribution in [3.63, 3.8) is 0 Å². The molecular formula is C16H33N3O. The van der Waals surface area contributed by atoms with Crippen LogP contribution in [0.15, 0.2) is 0 Å². The number of nitrogens with one attached hydrogen (secondary N) is 2. The summed E-state index contributed by atoms with van der Waals surface area (Å²) < 4.78 is 0. The molecule has 1 fully saturated rings. The summed E-state index contributed by atoms with van der Waals surface area (Å²) in [5, 5.41) is 6.42. The maximum Gasteiger partial charge on any atom is 0.237 e. The van der Waals surface area contributed by atoms with Gasteiger partial charge in [-0.1, -0.05) is 13.3 Å². The molecule has 0 bridgehead atoms. The van der Waals surface area contributed by atoms with Gasteiger partial charge in [0.05, 0.1) is 6.04 Å². The lowest BCUT2D eigenvalue weighted by Crippen LogP contribution is -2.48. The zero-order valence-electron chi connectivity index (χ0n) is 13.7. The smallest absolute Gasteiger partial charge is 0.237 e. The molecule has 0 aromatic heterocycles. The van der Waals surface area contributed by atoms with Crippen LogP contribution in [0.1, 0.15) is 52.9 Å². The van der Waals surface area contributed by atoms with Crippen molar-refractivity contribution in [2.75, 3.05) is 26.7 Å². The summed E-state index contributed by atoms with van der Waals surface area (Å²) in [6.07, 6.45) is 5.60. The fourth-order valence-electron chi connectivity index (χ4n) is 2.65. The molecule has 2 unspecified atom stereocenters. The lowest BCUT2D eigenvalue weighted by Gasteiger charge is -2.28. The molecule has 0 saturated carbocycles. The first kappa shape index (κ1) is 17.4. The molecule has 1 amide bonds. The fourth-order valence-corrected chi connectivity index (χ4v) is 2.65. The second kappa shape index (κ2) is 9.35. The van der Waals surface area contributed by atoms with Crippen LogP contribution in [0.5, 0.6) is 0 Å². The van der Waals surface area contributed by atoms with Crippen LogP contribution in [-0.2, 0) is 4.79 Å². The number of piperidine rings is 1. The average Bonchev–Trinajstić information content (AvgIpc) is 2.46. The third kappa shape index (κ3) is 6.23. The van der Waals surface area contributed by atoms with E-state index in [9.17, 15) is 4.79 Å². The highest BCUT2D eigenvalue weighted by atomic mass is 16.2. The second-order valence-corrected chi connectivity index (χ2v) is 6.38. The maximum absolute atomic E-state index is 12.1. The first-order valence-corrected chi connectivity index (χ1v) is 8.26. The molecule has 1 aliphatic rings. The fraction of sp³-hybridized carbons (Fsp3) is 0.938. The van der Waals surface area contributed by atoms with Crippen molar-refractivity contribution < 1.29 is 4.79 Å². The molecule has 4 heteroatoms. The molecule has 118 valence electrons. The van der Waals surface area contributed by atoms with Gasteiger partial charge in [-0.2, -0.15) is 0 Å². The van der Waals surface area contributed by atoms with E-state index in [0.29, 0.717) is 12.0 Å². The van der Waals surface area contributed by atoms with Crippen molar-refractivity contribution in [1.29, 1.82) is 0 Å². The summed E-state index contributed by atoms with van der Waals surface area (Å²) in [5.41, 5.74) is 0. The van der Waals surface area contributed by atoms with Gasteiger partial charge in [-0.25, -0.2) is 0 Å². The summed E-state index contributed by atoms with van der Waals surface area (Å²) in [4.78, 5) is 14.4. The monoisotopic (exact) mass is 283 g/mol. The average molecular weight is 283 g/mol. The van der Waals surface area contributed by atoms with E-state index in [1.165, 1.54) is 12.8 Å². The summed E-state index contributed by atoms with van der Waals surface area (Å²) in [6.45, 7) is 9.53. The maximum atomic E-state index is 12.1. The second-order valence-electron chi connectivity index (χ2n) is 6.38. The van der Waals surface area contributed by atoms with Crippen molar-refractivity contribution in [2.24, 2.45) is 5.92 Å². The molecular weight excluding hydrogens is 250 g/mol. The highest BCUT2D eigenvalue weighted by molar-refractivity contribution is 5.81. The van der Waals surface area contributed by atoms with E-state index in [4.69, 9.17) is 0 Å². The van der Waals surface area contributed by atoms with Gasteiger partial charge in [-0.3, -0.25) is 4.79 Å². The number of hydrogen-bond donors (Lipinski definition) is 2. The summed E-state index contributed by atoms with van der Waals surface area (Å²) in [7, 11) is 2.15. The van der Waals surface area contributed by atoms with Crippen LogP contribution in [0, 0.1) is 5.92 Å². The van der Waals surface area contributed by atoms with E-state index in [1.54, 1.807) is 0 Å². The molecule has 20 heavy (non-hydrogen) atoms. The molecule has 0 aliphatic carbocycles. The lowest BCUT2D eigenvalue weighted by atomic mass is 9.90. The van der Waals surface area contributed by atoms with E-state index in [-0.39, 0.29) is 11.9 Å². The first-order valence-electron chi connectivity index (χ1n) is 8.26. The largest absolute Gasteiger partial charge is 0.355 e. The Morgan fingerprint density at radius 1 is 1.40 bits per heavy atom. The van der Waals surface area contributed by atoms with Crippen molar-refractivity contribution in [3.8, 4) is 0 Å². The van der Waals surface area contributed by atoms with Gasteiger partial charge < -0.3 is 15.5 Å². The Bertz CT molecular complexity index is 281. The molecule has 0 spiro atoms. The molecule has 1 saturated heterocycles. The highest BCUT2D eigenvalue weighted by Gasteiger charge is 2.25. The Morgan fingerprint density at radius 2 is 2.15 bits per heavy atom. The van der Waals surface area contributed by atoms with Crippen molar-refractivity contribution in [3.05, 3.63) is 0 Å². The topological polar surface area (TPSA) is 44.4 Å². The molecule has 1 heterocycles. The van der Waals surface area contributed by atoms with Crippen LogP contribution in [0.25, 0.3) is 0 Å². The number of nitrogens with zero attached hydrogens (tertiary/aromatic N) is 1. The van der Waals surface area contributed by atoms with E-state index < -0.39 is 0 Å². The van der Waals surface area contributed by atoms with Crippen LogP contribution >= 0.6 is 0 Å². The first-order chi connectivity index (χ1) is 9.54. The quantitative estimate of drug-likeness (QED) is 0.670. The van der Waals surface area contributed by atoms with E-state index >= 15 is 0 Å². The summed E-state index contributed by atoms with van der Waals surface area (Å²) in [6, 6.07) is 0.633. The van der Waals surface area contributed by atoms with Crippen LogP contribution in [0.4, 0.5) is 0 Å². The van der Waals surface area contributed by atoms with Gasteiger partial charge in [0.1, 0.15) is 0 Å². The van der Waals surface area contributed by atoms with Gasteiger partial charge in [-0.05, 0) is 65.6 Å². The minimum atomic E-state index is 0.0343. The number of carbonyl (C=O) groups is 1. The van der Waals surface area contributed by atoms with Crippen molar-refractivity contribution >= 4 is 5.91 Å². The lowest BCUT2D eigenvalue weighted by molar-refractivity contribution is -0.124. The van der Waals surface area contributed by atoms with Gasteiger partial charge >= 0.3 is 0 Å².